The van der Waals surface area contributed by atoms with Gasteiger partial charge in [-0.2, -0.15) is 0 Å². The minimum atomic E-state index is -1.04. The Morgan fingerprint density at radius 3 is 2.69 bits per heavy atom. The number of ether oxygens (including phenoxy) is 1. The van der Waals surface area contributed by atoms with Crippen LogP contribution >= 0.6 is 0 Å². The quantitative estimate of drug-likeness (QED) is 0.780. The lowest BCUT2D eigenvalue weighted by atomic mass is 9.88. The van der Waals surface area contributed by atoms with Crippen molar-refractivity contribution in [2.75, 3.05) is 0 Å². The van der Waals surface area contributed by atoms with Crippen molar-refractivity contribution in [3.63, 3.8) is 0 Å². The van der Waals surface area contributed by atoms with E-state index in [1.807, 2.05) is 30.3 Å². The Kier molecular flexibility index (Phi) is 5.38. The molecule has 1 fully saturated rings. The molecule has 0 spiro atoms. The molecule has 0 bridgehead atoms. The monoisotopic (exact) mass is 353 g/mol. The fraction of sp³-hybridized carbons (Fsp3) is 0.333. The molecule has 2 aromatic carbocycles. The van der Waals surface area contributed by atoms with E-state index in [-0.39, 0.29) is 24.0 Å². The molecule has 5 nitrogen and oxygen atoms in total. The van der Waals surface area contributed by atoms with Gasteiger partial charge in [-0.25, -0.2) is 4.79 Å². The first kappa shape index (κ1) is 18.1. The van der Waals surface area contributed by atoms with E-state index in [1.165, 1.54) is 6.92 Å². The summed E-state index contributed by atoms with van der Waals surface area (Å²) >= 11 is 0. The Morgan fingerprint density at radius 1 is 1.31 bits per heavy atom. The van der Waals surface area contributed by atoms with Crippen LogP contribution in [-0.2, 0) is 14.3 Å². The molecule has 1 saturated heterocycles. The Labute approximate surface area is 152 Å². The maximum absolute atomic E-state index is 11.7. The van der Waals surface area contributed by atoms with Gasteiger partial charge in [0.05, 0.1) is 12.2 Å². The standard InChI is InChI=1S/C21H23NO4/c1-3-6-18-17(20(21(24)25)22-13(2)23)12-19(26-18)16-10-9-14-7-4-5-8-15(14)11-16/h3-5,7-11,17-20H,1,6,12H2,2H3,(H,22,23)(H,24,25)/t17?,18-,19+,20-/m0/s1. The van der Waals surface area contributed by atoms with E-state index < -0.39 is 12.0 Å². The highest BCUT2D eigenvalue weighted by Gasteiger charge is 2.43. The number of aliphatic carboxylic acids is 1. The lowest BCUT2D eigenvalue weighted by Crippen LogP contribution is -2.47. The van der Waals surface area contributed by atoms with Gasteiger partial charge < -0.3 is 15.2 Å². The number of carbonyl (C=O) groups excluding carboxylic acids is 1. The van der Waals surface area contributed by atoms with Crippen LogP contribution in [0.25, 0.3) is 10.8 Å². The van der Waals surface area contributed by atoms with Crippen LogP contribution < -0.4 is 5.32 Å². The van der Waals surface area contributed by atoms with Crippen LogP contribution in [0.5, 0.6) is 0 Å². The average Bonchev–Trinajstić information content (AvgIpc) is 3.03. The molecule has 0 radical (unpaired) electrons. The van der Waals surface area contributed by atoms with Crippen molar-refractivity contribution in [1.82, 2.24) is 5.32 Å². The zero-order chi connectivity index (χ0) is 18.7. The number of carbonyl (C=O) groups is 2. The minimum absolute atomic E-state index is 0.204. The van der Waals surface area contributed by atoms with Crippen molar-refractivity contribution in [2.24, 2.45) is 5.92 Å². The zero-order valence-corrected chi connectivity index (χ0v) is 14.7. The highest BCUT2D eigenvalue weighted by Crippen LogP contribution is 2.41. The lowest BCUT2D eigenvalue weighted by molar-refractivity contribution is -0.143. The van der Waals surface area contributed by atoms with Gasteiger partial charge in [0.1, 0.15) is 6.04 Å². The predicted molar refractivity (Wildman–Crippen MR) is 99.7 cm³/mol. The Bertz CT molecular complexity index is 832. The summed E-state index contributed by atoms with van der Waals surface area (Å²) in [5, 5.41) is 14.4. The van der Waals surface area contributed by atoms with Crippen molar-refractivity contribution in [2.45, 2.75) is 38.0 Å². The maximum Gasteiger partial charge on any atom is 0.326 e. The van der Waals surface area contributed by atoms with Crippen molar-refractivity contribution in [3.8, 4) is 0 Å². The van der Waals surface area contributed by atoms with Crippen LogP contribution in [0.4, 0.5) is 0 Å². The third-order valence-electron chi connectivity index (χ3n) is 4.90. The van der Waals surface area contributed by atoms with Gasteiger partial charge in [-0.3, -0.25) is 4.79 Å². The molecule has 136 valence electrons. The summed E-state index contributed by atoms with van der Waals surface area (Å²) in [6.07, 6.45) is 2.31. The smallest absolute Gasteiger partial charge is 0.326 e. The molecule has 2 N–H and O–H groups in total. The van der Waals surface area contributed by atoms with Crippen molar-refractivity contribution < 1.29 is 19.4 Å². The molecular formula is C21H23NO4. The van der Waals surface area contributed by atoms with Gasteiger partial charge in [-0.05, 0) is 35.2 Å². The molecule has 2 aromatic rings. The number of rotatable bonds is 6. The second-order valence-corrected chi connectivity index (χ2v) is 6.71. The molecule has 1 unspecified atom stereocenters. The fourth-order valence-electron chi connectivity index (χ4n) is 3.71. The molecule has 1 heterocycles. The summed E-state index contributed by atoms with van der Waals surface area (Å²) in [4.78, 5) is 23.1. The Balaban J connectivity index is 1.88. The van der Waals surface area contributed by atoms with Crippen LogP contribution in [0.2, 0.25) is 0 Å². The van der Waals surface area contributed by atoms with E-state index in [0.29, 0.717) is 12.8 Å². The van der Waals surface area contributed by atoms with Crippen LogP contribution in [0, 0.1) is 5.92 Å². The number of amides is 1. The summed E-state index contributed by atoms with van der Waals surface area (Å²) in [5.74, 6) is -1.71. The maximum atomic E-state index is 11.7. The van der Waals surface area contributed by atoms with Crippen LogP contribution in [0.3, 0.4) is 0 Å². The molecule has 1 aliphatic rings. The van der Waals surface area contributed by atoms with E-state index in [2.05, 4.69) is 24.0 Å². The Morgan fingerprint density at radius 2 is 2.04 bits per heavy atom. The molecule has 1 amide bonds. The van der Waals surface area contributed by atoms with Crippen molar-refractivity contribution in [3.05, 3.63) is 60.7 Å². The summed E-state index contributed by atoms with van der Waals surface area (Å²) in [6.45, 7) is 5.08. The van der Waals surface area contributed by atoms with Crippen LogP contribution in [0.15, 0.2) is 55.1 Å². The van der Waals surface area contributed by atoms with Crippen molar-refractivity contribution >= 4 is 22.6 Å². The van der Waals surface area contributed by atoms with Crippen LogP contribution in [-0.4, -0.2) is 29.1 Å². The largest absolute Gasteiger partial charge is 0.480 e. The molecule has 3 rings (SSSR count). The van der Waals surface area contributed by atoms with Gasteiger partial charge in [-0.15, -0.1) is 6.58 Å². The van der Waals surface area contributed by atoms with E-state index in [9.17, 15) is 14.7 Å². The van der Waals surface area contributed by atoms with E-state index in [1.54, 1.807) is 6.08 Å². The zero-order valence-electron chi connectivity index (χ0n) is 14.7. The second-order valence-electron chi connectivity index (χ2n) is 6.71. The topological polar surface area (TPSA) is 75.6 Å². The third kappa shape index (κ3) is 3.78. The summed E-state index contributed by atoms with van der Waals surface area (Å²) in [6, 6.07) is 13.3. The lowest BCUT2D eigenvalue weighted by Gasteiger charge is -2.24. The van der Waals surface area contributed by atoms with Gasteiger partial charge in [-0.1, -0.05) is 42.5 Å². The number of fused-ring (bicyclic) bond motifs is 1. The number of carboxylic acids is 1. The molecular weight excluding hydrogens is 330 g/mol. The van der Waals surface area contributed by atoms with Gasteiger partial charge in [0.2, 0.25) is 5.91 Å². The highest BCUT2D eigenvalue weighted by atomic mass is 16.5. The van der Waals surface area contributed by atoms with Gasteiger partial charge in [0.15, 0.2) is 0 Å². The molecule has 4 atom stereocenters. The number of hydrogen-bond acceptors (Lipinski definition) is 3. The second kappa shape index (κ2) is 7.70. The SMILES string of the molecule is C=CC[C@@H]1O[C@@H](c2ccc3ccccc3c2)CC1[C@H](NC(C)=O)C(=O)O. The number of nitrogens with one attached hydrogen (secondary N) is 1. The van der Waals surface area contributed by atoms with Gasteiger partial charge >= 0.3 is 5.97 Å². The highest BCUT2D eigenvalue weighted by molar-refractivity contribution is 5.83. The molecule has 5 heteroatoms. The fourth-order valence-corrected chi connectivity index (χ4v) is 3.71. The third-order valence-corrected chi connectivity index (χ3v) is 4.90. The van der Waals surface area contributed by atoms with E-state index >= 15 is 0 Å². The normalized spacial score (nSPS) is 23.5. The number of hydrogen-bond donors (Lipinski definition) is 2. The summed E-state index contributed by atoms with van der Waals surface area (Å²) < 4.78 is 6.18. The van der Waals surface area contributed by atoms with E-state index in [4.69, 9.17) is 4.74 Å². The predicted octanol–water partition coefficient (Wildman–Crippen LogP) is 3.45. The molecule has 0 aliphatic carbocycles. The average molecular weight is 353 g/mol. The van der Waals surface area contributed by atoms with Crippen molar-refractivity contribution in [1.29, 1.82) is 0 Å². The summed E-state index contributed by atoms with van der Waals surface area (Å²) in [5.41, 5.74) is 1.02. The van der Waals surface area contributed by atoms with Gasteiger partial charge in [0, 0.05) is 12.8 Å². The van der Waals surface area contributed by atoms with Crippen LogP contribution in [0.1, 0.15) is 31.4 Å². The summed E-state index contributed by atoms with van der Waals surface area (Å²) in [7, 11) is 0. The first-order chi connectivity index (χ1) is 12.5. The Hall–Kier alpha value is -2.66. The number of benzene rings is 2. The minimum Gasteiger partial charge on any atom is -0.480 e. The first-order valence-corrected chi connectivity index (χ1v) is 8.74. The molecule has 26 heavy (non-hydrogen) atoms. The van der Waals surface area contributed by atoms with Gasteiger partial charge in [0.25, 0.3) is 0 Å². The molecule has 1 aliphatic heterocycles. The molecule has 0 saturated carbocycles. The molecule has 0 aromatic heterocycles. The van der Waals surface area contributed by atoms with E-state index in [0.717, 1.165) is 16.3 Å². The number of carboxylic acid groups (broad SMARTS) is 1. The first-order valence-electron chi connectivity index (χ1n) is 8.74.